The number of alkyl halides is 2. The summed E-state index contributed by atoms with van der Waals surface area (Å²) in [7, 11) is 0. The van der Waals surface area contributed by atoms with E-state index in [2.05, 4.69) is 31.4 Å². The lowest BCUT2D eigenvalue weighted by Crippen LogP contribution is -2.40. The Morgan fingerprint density at radius 2 is 1.81 bits per heavy atom. The lowest BCUT2D eigenvalue weighted by molar-refractivity contribution is 0.0168. The normalized spacial score (nSPS) is 12.4. The highest BCUT2D eigenvalue weighted by Crippen LogP contribution is 1.96. The van der Waals surface area contributed by atoms with Crippen molar-refractivity contribution in [1.29, 1.82) is 0 Å². The predicted octanol–water partition coefficient (Wildman–Crippen LogP) is 1.64. The third-order valence-electron chi connectivity index (χ3n) is 1.84. The molecule has 0 aliphatic heterocycles. The van der Waals surface area contributed by atoms with E-state index >= 15 is 0 Å². The maximum absolute atomic E-state index is 11.7. The Kier molecular flexibility index (Phi) is 8.70. The number of ether oxygens (including phenoxy) is 1. The summed E-state index contributed by atoms with van der Waals surface area (Å²) in [5.41, 5.74) is 0.141. The molecule has 0 aliphatic rings. The van der Waals surface area contributed by atoms with Gasteiger partial charge in [-0.05, 0) is 33.7 Å². The first-order valence-electron chi connectivity index (χ1n) is 5.73. The Hall–Kier alpha value is -0.260. The summed E-state index contributed by atoms with van der Waals surface area (Å²) in [5, 5.41) is 6.56. The van der Waals surface area contributed by atoms with E-state index in [0.717, 1.165) is 26.1 Å². The Balaban J connectivity index is 3.05. The van der Waals surface area contributed by atoms with Crippen LogP contribution in [0.15, 0.2) is 0 Å². The van der Waals surface area contributed by atoms with Gasteiger partial charge in [0.15, 0.2) is 0 Å². The highest BCUT2D eigenvalue weighted by Gasteiger charge is 2.06. The molecule has 3 nitrogen and oxygen atoms in total. The van der Waals surface area contributed by atoms with Gasteiger partial charge in [0.2, 0.25) is 0 Å². The molecule has 98 valence electrons. The Morgan fingerprint density at radius 1 is 1.12 bits per heavy atom. The summed E-state index contributed by atoms with van der Waals surface area (Å²) in [6.07, 6.45) is -1.59. The zero-order valence-electron chi connectivity index (χ0n) is 10.5. The van der Waals surface area contributed by atoms with Gasteiger partial charge in [-0.15, -0.1) is 0 Å². The predicted molar refractivity (Wildman–Crippen MR) is 62.1 cm³/mol. The molecule has 0 rings (SSSR count). The molecule has 0 radical (unpaired) electrons. The molecule has 0 atom stereocenters. The van der Waals surface area contributed by atoms with Crippen LogP contribution in [0.4, 0.5) is 8.78 Å². The topological polar surface area (TPSA) is 33.3 Å². The van der Waals surface area contributed by atoms with Crippen molar-refractivity contribution in [3.05, 3.63) is 0 Å². The van der Waals surface area contributed by atoms with Crippen molar-refractivity contribution in [2.24, 2.45) is 0 Å². The summed E-state index contributed by atoms with van der Waals surface area (Å²) >= 11 is 0. The first-order chi connectivity index (χ1) is 7.42. The van der Waals surface area contributed by atoms with Crippen LogP contribution < -0.4 is 10.6 Å². The van der Waals surface area contributed by atoms with Gasteiger partial charge in [-0.3, -0.25) is 0 Å². The van der Waals surface area contributed by atoms with Gasteiger partial charge in [0, 0.05) is 25.2 Å². The maximum Gasteiger partial charge on any atom is 0.261 e. The average molecular weight is 238 g/mol. The molecule has 0 heterocycles. The van der Waals surface area contributed by atoms with Crippen LogP contribution >= 0.6 is 0 Å². The molecule has 16 heavy (non-hydrogen) atoms. The molecule has 5 heteroatoms. The van der Waals surface area contributed by atoms with Crippen molar-refractivity contribution >= 4 is 0 Å². The quantitative estimate of drug-likeness (QED) is 0.599. The summed E-state index contributed by atoms with van der Waals surface area (Å²) in [4.78, 5) is 0. The van der Waals surface area contributed by atoms with Crippen LogP contribution in [0.25, 0.3) is 0 Å². The molecule has 0 aromatic heterocycles. The van der Waals surface area contributed by atoms with Gasteiger partial charge >= 0.3 is 0 Å². The monoisotopic (exact) mass is 238 g/mol. The fraction of sp³-hybridized carbons (Fsp3) is 1.00. The highest BCUT2D eigenvalue weighted by molar-refractivity contribution is 4.70. The lowest BCUT2D eigenvalue weighted by atomic mass is 10.1. The number of nitrogens with one attached hydrogen (secondary N) is 2. The largest absolute Gasteiger partial charge is 0.375 e. The number of hydrogen-bond acceptors (Lipinski definition) is 3. The summed E-state index contributed by atoms with van der Waals surface area (Å²) < 4.78 is 28.1. The third kappa shape index (κ3) is 13.7. The molecule has 2 N–H and O–H groups in total. The Morgan fingerprint density at radius 3 is 2.38 bits per heavy atom. The van der Waals surface area contributed by atoms with Crippen molar-refractivity contribution < 1.29 is 13.5 Å². The van der Waals surface area contributed by atoms with E-state index in [1.54, 1.807) is 0 Å². The van der Waals surface area contributed by atoms with Gasteiger partial charge in [-0.25, -0.2) is 8.78 Å². The molecular weight excluding hydrogens is 214 g/mol. The van der Waals surface area contributed by atoms with E-state index in [1.165, 1.54) is 0 Å². The minimum absolute atomic E-state index is 0.141. The van der Waals surface area contributed by atoms with Gasteiger partial charge < -0.3 is 15.4 Å². The second-order valence-corrected chi connectivity index (χ2v) is 4.75. The third-order valence-corrected chi connectivity index (χ3v) is 1.84. The molecular formula is C11H24F2N2O. The standard InChI is InChI=1S/C11H24F2N2O/c1-11(2,3)15-7-6-14-5-4-8-16-9-10(12)13/h10,14-15H,4-9H2,1-3H3. The molecule has 0 spiro atoms. The van der Waals surface area contributed by atoms with Crippen molar-refractivity contribution in [1.82, 2.24) is 10.6 Å². The second kappa shape index (κ2) is 8.84. The highest BCUT2D eigenvalue weighted by atomic mass is 19.3. The molecule has 0 amide bonds. The van der Waals surface area contributed by atoms with Gasteiger partial charge in [-0.1, -0.05) is 0 Å². The average Bonchev–Trinajstić information content (AvgIpc) is 2.13. The van der Waals surface area contributed by atoms with Crippen LogP contribution in [-0.2, 0) is 4.74 Å². The van der Waals surface area contributed by atoms with E-state index in [0.29, 0.717) is 6.61 Å². The smallest absolute Gasteiger partial charge is 0.261 e. The van der Waals surface area contributed by atoms with Crippen LogP contribution in [0.3, 0.4) is 0 Å². The molecule has 0 saturated heterocycles. The fourth-order valence-electron chi connectivity index (χ4n) is 1.12. The van der Waals surface area contributed by atoms with E-state index < -0.39 is 13.0 Å². The molecule has 0 aliphatic carbocycles. The van der Waals surface area contributed by atoms with Gasteiger partial charge in [0.25, 0.3) is 6.43 Å². The van der Waals surface area contributed by atoms with Gasteiger partial charge in [0.1, 0.15) is 6.61 Å². The van der Waals surface area contributed by atoms with Gasteiger partial charge in [0.05, 0.1) is 0 Å². The first kappa shape index (κ1) is 15.7. The summed E-state index contributed by atoms with van der Waals surface area (Å²) in [6, 6.07) is 0. The molecule has 0 bridgehead atoms. The SMILES string of the molecule is CC(C)(C)NCCNCCCOCC(F)F. The van der Waals surface area contributed by atoms with Crippen molar-refractivity contribution in [3.8, 4) is 0 Å². The Bertz CT molecular complexity index is 161. The number of halogens is 2. The van der Waals surface area contributed by atoms with Crippen LogP contribution in [0.2, 0.25) is 0 Å². The Labute approximate surface area is 96.9 Å². The van der Waals surface area contributed by atoms with E-state index in [-0.39, 0.29) is 5.54 Å². The minimum Gasteiger partial charge on any atom is -0.375 e. The number of hydrogen-bond donors (Lipinski definition) is 2. The molecule has 0 unspecified atom stereocenters. The fourth-order valence-corrected chi connectivity index (χ4v) is 1.12. The zero-order valence-corrected chi connectivity index (χ0v) is 10.5. The molecule has 0 fully saturated rings. The van der Waals surface area contributed by atoms with Crippen molar-refractivity contribution in [2.45, 2.75) is 39.2 Å². The first-order valence-corrected chi connectivity index (χ1v) is 5.73. The van der Waals surface area contributed by atoms with Crippen LogP contribution in [0.1, 0.15) is 27.2 Å². The van der Waals surface area contributed by atoms with E-state index in [4.69, 9.17) is 4.74 Å². The lowest BCUT2D eigenvalue weighted by Gasteiger charge is -2.20. The van der Waals surface area contributed by atoms with E-state index in [1.807, 2.05) is 0 Å². The molecule has 0 aromatic rings. The second-order valence-electron chi connectivity index (χ2n) is 4.75. The van der Waals surface area contributed by atoms with Crippen molar-refractivity contribution in [3.63, 3.8) is 0 Å². The van der Waals surface area contributed by atoms with Crippen LogP contribution in [0.5, 0.6) is 0 Å². The van der Waals surface area contributed by atoms with Crippen molar-refractivity contribution in [2.75, 3.05) is 32.8 Å². The summed E-state index contributed by atoms with van der Waals surface area (Å²) in [5.74, 6) is 0. The maximum atomic E-state index is 11.7. The minimum atomic E-state index is -2.36. The zero-order chi connectivity index (χ0) is 12.4. The van der Waals surface area contributed by atoms with Crippen LogP contribution in [0, 0.1) is 0 Å². The van der Waals surface area contributed by atoms with Crippen LogP contribution in [-0.4, -0.2) is 44.8 Å². The molecule has 0 aromatic carbocycles. The van der Waals surface area contributed by atoms with E-state index in [9.17, 15) is 8.78 Å². The molecule has 0 saturated carbocycles. The summed E-state index contributed by atoms with van der Waals surface area (Å²) in [6.45, 7) is 8.87. The number of rotatable bonds is 9. The van der Waals surface area contributed by atoms with Gasteiger partial charge in [-0.2, -0.15) is 0 Å².